The Morgan fingerprint density at radius 1 is 1.36 bits per heavy atom. The summed E-state index contributed by atoms with van der Waals surface area (Å²) < 4.78 is 10.3. The van der Waals surface area contributed by atoms with E-state index in [4.69, 9.17) is 14.5 Å². The van der Waals surface area contributed by atoms with Crippen molar-refractivity contribution in [3.05, 3.63) is 52.5 Å². The molecule has 3 aromatic rings. The van der Waals surface area contributed by atoms with Gasteiger partial charge in [0.15, 0.2) is 6.10 Å². The zero-order chi connectivity index (χ0) is 19.9. The number of hydrogen-bond acceptors (Lipinski definition) is 8. The van der Waals surface area contributed by atoms with Crippen LogP contribution in [0.15, 0.2) is 45.6 Å². The van der Waals surface area contributed by atoms with Gasteiger partial charge in [-0.1, -0.05) is 17.3 Å². The number of nitrogens with zero attached hydrogens (tertiary/aromatic N) is 3. The van der Waals surface area contributed by atoms with Crippen molar-refractivity contribution in [1.29, 1.82) is 5.26 Å². The highest BCUT2D eigenvalue weighted by Gasteiger charge is 2.19. The van der Waals surface area contributed by atoms with Crippen LogP contribution >= 0.6 is 11.3 Å². The van der Waals surface area contributed by atoms with Gasteiger partial charge in [-0.15, -0.1) is 0 Å². The van der Waals surface area contributed by atoms with Gasteiger partial charge in [-0.3, -0.25) is 9.59 Å². The van der Waals surface area contributed by atoms with E-state index in [2.05, 4.69) is 15.5 Å². The molecule has 0 aliphatic carbocycles. The smallest absolute Gasteiger partial charge is 0.307 e. The third kappa shape index (κ3) is 4.81. The zero-order valence-corrected chi connectivity index (χ0v) is 15.7. The van der Waals surface area contributed by atoms with Crippen molar-refractivity contribution in [1.82, 2.24) is 10.1 Å². The Morgan fingerprint density at radius 2 is 2.18 bits per heavy atom. The fourth-order valence-electron chi connectivity index (χ4n) is 2.31. The molecule has 0 fully saturated rings. The SMILES string of the molecule is CC(OC(=O)CCc1nc(-c2ccsc2)no1)C(=O)Nc1ccccc1C#N. The van der Waals surface area contributed by atoms with Gasteiger partial charge in [0.05, 0.1) is 17.7 Å². The van der Waals surface area contributed by atoms with Gasteiger partial charge in [0.25, 0.3) is 5.91 Å². The third-order valence-electron chi connectivity index (χ3n) is 3.77. The fraction of sp³-hybridized carbons (Fsp3) is 0.211. The highest BCUT2D eigenvalue weighted by atomic mass is 32.1. The molecule has 0 saturated heterocycles. The molecule has 0 aliphatic rings. The Morgan fingerprint density at radius 3 is 2.93 bits per heavy atom. The Balaban J connectivity index is 1.49. The van der Waals surface area contributed by atoms with Gasteiger partial charge in [0.1, 0.15) is 6.07 Å². The molecule has 0 aliphatic heterocycles. The van der Waals surface area contributed by atoms with Crippen LogP contribution in [0.5, 0.6) is 0 Å². The normalized spacial score (nSPS) is 11.4. The maximum Gasteiger partial charge on any atom is 0.307 e. The molecule has 1 aromatic carbocycles. The molecular formula is C19H16N4O4S. The summed E-state index contributed by atoms with van der Waals surface area (Å²) in [5.74, 6) is -0.299. The summed E-state index contributed by atoms with van der Waals surface area (Å²) in [6.07, 6.45) is -0.803. The lowest BCUT2D eigenvalue weighted by atomic mass is 10.2. The highest BCUT2D eigenvalue weighted by molar-refractivity contribution is 7.08. The highest BCUT2D eigenvalue weighted by Crippen LogP contribution is 2.19. The number of aryl methyl sites for hydroxylation is 1. The molecular weight excluding hydrogens is 380 g/mol. The summed E-state index contributed by atoms with van der Waals surface area (Å²) >= 11 is 1.52. The summed E-state index contributed by atoms with van der Waals surface area (Å²) in [7, 11) is 0. The molecule has 0 radical (unpaired) electrons. The van der Waals surface area contributed by atoms with Crippen molar-refractivity contribution >= 4 is 28.9 Å². The van der Waals surface area contributed by atoms with E-state index < -0.39 is 18.0 Å². The van der Waals surface area contributed by atoms with Crippen LogP contribution in [0.2, 0.25) is 0 Å². The number of rotatable bonds is 7. The molecule has 142 valence electrons. The van der Waals surface area contributed by atoms with Crippen molar-refractivity contribution in [2.75, 3.05) is 5.32 Å². The lowest BCUT2D eigenvalue weighted by molar-refractivity contribution is -0.153. The standard InChI is InChI=1S/C19H16N4O4S/c1-12(19(25)21-15-5-3-2-4-13(15)10-20)26-17(24)7-6-16-22-18(23-27-16)14-8-9-28-11-14/h2-5,8-9,11-12H,6-7H2,1H3,(H,21,25). The average molecular weight is 396 g/mol. The van der Waals surface area contributed by atoms with E-state index in [1.165, 1.54) is 18.3 Å². The summed E-state index contributed by atoms with van der Waals surface area (Å²) in [6, 6.07) is 10.4. The van der Waals surface area contributed by atoms with Crippen LogP contribution in [-0.4, -0.2) is 28.1 Å². The van der Waals surface area contributed by atoms with Crippen LogP contribution < -0.4 is 5.32 Å². The van der Waals surface area contributed by atoms with E-state index in [0.717, 1.165) is 5.56 Å². The minimum absolute atomic E-state index is 0.00231. The molecule has 0 bridgehead atoms. The van der Waals surface area contributed by atoms with Crippen molar-refractivity contribution in [2.24, 2.45) is 0 Å². The zero-order valence-electron chi connectivity index (χ0n) is 14.9. The van der Waals surface area contributed by atoms with Gasteiger partial charge in [0, 0.05) is 17.4 Å². The van der Waals surface area contributed by atoms with E-state index in [1.807, 2.05) is 22.9 Å². The van der Waals surface area contributed by atoms with Gasteiger partial charge in [0.2, 0.25) is 11.7 Å². The van der Waals surface area contributed by atoms with Crippen molar-refractivity contribution in [3.8, 4) is 17.5 Å². The first-order valence-corrected chi connectivity index (χ1v) is 9.35. The van der Waals surface area contributed by atoms with E-state index >= 15 is 0 Å². The molecule has 1 N–H and O–H groups in total. The number of carbonyl (C=O) groups is 2. The summed E-state index contributed by atoms with van der Waals surface area (Å²) in [5.41, 5.74) is 1.54. The molecule has 3 rings (SSSR count). The maximum atomic E-state index is 12.2. The lowest BCUT2D eigenvalue weighted by Gasteiger charge is -2.13. The van der Waals surface area contributed by atoms with Gasteiger partial charge in [-0.05, 0) is 30.5 Å². The van der Waals surface area contributed by atoms with Gasteiger partial charge in [-0.2, -0.15) is 21.6 Å². The Labute approximate surface area is 164 Å². The first-order chi connectivity index (χ1) is 13.6. The molecule has 28 heavy (non-hydrogen) atoms. The van der Waals surface area contributed by atoms with Crippen molar-refractivity contribution in [2.45, 2.75) is 25.9 Å². The first-order valence-electron chi connectivity index (χ1n) is 8.41. The molecule has 1 amide bonds. The second-order valence-corrected chi connectivity index (χ2v) is 6.58. The minimum Gasteiger partial charge on any atom is -0.453 e. The van der Waals surface area contributed by atoms with Crippen LogP contribution in [0.25, 0.3) is 11.4 Å². The number of hydrogen-bond donors (Lipinski definition) is 1. The van der Waals surface area contributed by atoms with Gasteiger partial charge in [-0.25, -0.2) is 0 Å². The number of nitrogens with one attached hydrogen (secondary N) is 1. The number of para-hydroxylation sites is 1. The van der Waals surface area contributed by atoms with Crippen LogP contribution in [0.1, 0.15) is 24.8 Å². The third-order valence-corrected chi connectivity index (χ3v) is 4.46. The van der Waals surface area contributed by atoms with Crippen molar-refractivity contribution < 1.29 is 18.8 Å². The Hall–Kier alpha value is -3.51. The number of esters is 1. The number of carbonyl (C=O) groups excluding carboxylic acids is 2. The number of benzene rings is 1. The number of amides is 1. The summed E-state index contributed by atoms with van der Waals surface area (Å²) in [4.78, 5) is 28.4. The number of nitriles is 1. The number of aromatic nitrogens is 2. The number of ether oxygens (including phenoxy) is 1. The topological polar surface area (TPSA) is 118 Å². The van der Waals surface area contributed by atoms with Crippen LogP contribution in [0.3, 0.4) is 0 Å². The second-order valence-electron chi connectivity index (χ2n) is 5.80. The van der Waals surface area contributed by atoms with E-state index in [0.29, 0.717) is 23.0 Å². The fourth-order valence-corrected chi connectivity index (χ4v) is 2.94. The molecule has 2 heterocycles. The van der Waals surface area contributed by atoms with Crippen molar-refractivity contribution in [3.63, 3.8) is 0 Å². The molecule has 1 atom stereocenters. The van der Waals surface area contributed by atoms with E-state index in [-0.39, 0.29) is 12.8 Å². The molecule has 0 saturated carbocycles. The lowest BCUT2D eigenvalue weighted by Crippen LogP contribution is -2.30. The number of anilines is 1. The van der Waals surface area contributed by atoms with Crippen LogP contribution in [0, 0.1) is 11.3 Å². The predicted molar refractivity (Wildman–Crippen MR) is 101 cm³/mol. The summed E-state index contributed by atoms with van der Waals surface area (Å²) in [6.45, 7) is 1.46. The summed E-state index contributed by atoms with van der Waals surface area (Å²) in [5, 5.41) is 19.3. The van der Waals surface area contributed by atoms with E-state index in [1.54, 1.807) is 24.3 Å². The minimum atomic E-state index is -1.01. The van der Waals surface area contributed by atoms with Gasteiger partial charge >= 0.3 is 5.97 Å². The molecule has 8 nitrogen and oxygen atoms in total. The molecule has 9 heteroatoms. The second kappa shape index (κ2) is 8.92. The Bertz CT molecular complexity index is 1010. The van der Waals surface area contributed by atoms with E-state index in [9.17, 15) is 9.59 Å². The quantitative estimate of drug-likeness (QED) is 0.609. The number of thiophene rings is 1. The molecule has 0 spiro atoms. The predicted octanol–water partition coefficient (Wildman–Crippen LogP) is 3.17. The van der Waals surface area contributed by atoms with Gasteiger partial charge < -0.3 is 14.6 Å². The maximum absolute atomic E-state index is 12.2. The largest absolute Gasteiger partial charge is 0.453 e. The first kappa shape index (κ1) is 19.3. The average Bonchev–Trinajstić information content (AvgIpc) is 3.38. The molecule has 1 unspecified atom stereocenters. The Kier molecular flexibility index (Phi) is 6.14. The molecule has 2 aromatic heterocycles. The van der Waals surface area contributed by atoms with Crippen LogP contribution in [0.4, 0.5) is 5.69 Å². The van der Waals surface area contributed by atoms with Crippen LogP contribution in [-0.2, 0) is 20.7 Å². The monoisotopic (exact) mass is 396 g/mol.